The van der Waals surface area contributed by atoms with Crippen LogP contribution < -0.4 is 0 Å². The molecule has 1 rings (SSSR count). The SMILES string of the molecule is CCOC(=O)N1CCC(S)(CS)CC1. The number of carbonyl (C=O) groups excluding carboxylic acids is 1. The lowest BCUT2D eigenvalue weighted by Crippen LogP contribution is -2.45. The molecular weight excluding hydrogens is 218 g/mol. The Hall–Kier alpha value is -0.0300. The van der Waals surface area contributed by atoms with Crippen molar-refractivity contribution in [2.75, 3.05) is 25.4 Å². The van der Waals surface area contributed by atoms with Crippen LogP contribution in [0.4, 0.5) is 4.79 Å². The molecule has 0 saturated carbocycles. The van der Waals surface area contributed by atoms with Crippen LogP contribution in [-0.4, -0.2) is 41.2 Å². The molecule has 0 atom stereocenters. The number of hydrogen-bond donors (Lipinski definition) is 2. The first-order valence-corrected chi connectivity index (χ1v) is 5.94. The average molecular weight is 235 g/mol. The van der Waals surface area contributed by atoms with Gasteiger partial charge >= 0.3 is 6.09 Å². The summed E-state index contributed by atoms with van der Waals surface area (Å²) in [5.41, 5.74) is 0. The first-order chi connectivity index (χ1) is 6.61. The molecule has 1 saturated heterocycles. The second-order valence-electron chi connectivity index (χ2n) is 3.57. The van der Waals surface area contributed by atoms with Crippen LogP contribution in [0.1, 0.15) is 19.8 Å². The van der Waals surface area contributed by atoms with E-state index >= 15 is 0 Å². The van der Waals surface area contributed by atoms with Gasteiger partial charge in [0.15, 0.2) is 0 Å². The highest BCUT2D eigenvalue weighted by atomic mass is 32.1. The topological polar surface area (TPSA) is 29.5 Å². The van der Waals surface area contributed by atoms with Crippen molar-refractivity contribution in [2.45, 2.75) is 24.5 Å². The van der Waals surface area contributed by atoms with Gasteiger partial charge in [0.25, 0.3) is 0 Å². The van der Waals surface area contributed by atoms with E-state index in [1.165, 1.54) is 0 Å². The molecule has 0 radical (unpaired) electrons. The third-order valence-corrected chi connectivity index (χ3v) is 3.97. The fraction of sp³-hybridized carbons (Fsp3) is 0.889. The van der Waals surface area contributed by atoms with Crippen molar-refractivity contribution in [3.8, 4) is 0 Å². The lowest BCUT2D eigenvalue weighted by molar-refractivity contribution is 0.0965. The van der Waals surface area contributed by atoms with Gasteiger partial charge in [-0.1, -0.05) is 0 Å². The Morgan fingerprint density at radius 3 is 2.50 bits per heavy atom. The number of ether oxygens (including phenoxy) is 1. The Morgan fingerprint density at radius 2 is 2.07 bits per heavy atom. The molecule has 1 fully saturated rings. The maximum atomic E-state index is 11.4. The van der Waals surface area contributed by atoms with E-state index in [1.807, 2.05) is 6.92 Å². The van der Waals surface area contributed by atoms with E-state index in [0.29, 0.717) is 6.61 Å². The van der Waals surface area contributed by atoms with Crippen molar-refractivity contribution in [1.82, 2.24) is 4.90 Å². The van der Waals surface area contributed by atoms with Gasteiger partial charge in [-0.3, -0.25) is 0 Å². The predicted octanol–water partition coefficient (Wildman–Crippen LogP) is 1.84. The van der Waals surface area contributed by atoms with E-state index in [9.17, 15) is 4.79 Å². The Balaban J connectivity index is 2.39. The quantitative estimate of drug-likeness (QED) is 0.715. The largest absolute Gasteiger partial charge is 0.450 e. The van der Waals surface area contributed by atoms with Gasteiger partial charge in [0, 0.05) is 23.6 Å². The molecule has 3 nitrogen and oxygen atoms in total. The number of nitrogens with zero attached hydrogens (tertiary/aromatic N) is 1. The van der Waals surface area contributed by atoms with Crippen molar-refractivity contribution in [1.29, 1.82) is 0 Å². The number of likely N-dealkylation sites (tertiary alicyclic amines) is 1. The summed E-state index contributed by atoms with van der Waals surface area (Å²) >= 11 is 8.82. The summed E-state index contributed by atoms with van der Waals surface area (Å²) in [7, 11) is 0. The van der Waals surface area contributed by atoms with E-state index in [-0.39, 0.29) is 10.8 Å². The van der Waals surface area contributed by atoms with Crippen molar-refractivity contribution in [2.24, 2.45) is 0 Å². The average Bonchev–Trinajstić information content (AvgIpc) is 2.19. The van der Waals surface area contributed by atoms with Gasteiger partial charge in [0.05, 0.1) is 6.61 Å². The monoisotopic (exact) mass is 235 g/mol. The van der Waals surface area contributed by atoms with E-state index in [4.69, 9.17) is 4.74 Å². The zero-order valence-electron chi connectivity index (χ0n) is 8.40. The molecular formula is C9H17NO2S2. The Labute approximate surface area is 96.0 Å². The molecule has 5 heteroatoms. The second kappa shape index (κ2) is 5.16. The molecule has 0 unspecified atom stereocenters. The maximum Gasteiger partial charge on any atom is 0.409 e. The zero-order valence-corrected chi connectivity index (χ0v) is 10.2. The Kier molecular flexibility index (Phi) is 4.44. The minimum absolute atomic E-state index is 0.00783. The zero-order chi connectivity index (χ0) is 10.6. The lowest BCUT2D eigenvalue weighted by Gasteiger charge is -2.37. The van der Waals surface area contributed by atoms with Gasteiger partial charge < -0.3 is 9.64 Å². The fourth-order valence-corrected chi connectivity index (χ4v) is 1.99. The number of carbonyl (C=O) groups is 1. The molecule has 1 amide bonds. The number of amides is 1. The third kappa shape index (κ3) is 2.98. The second-order valence-corrected chi connectivity index (χ2v) is 4.83. The normalized spacial score (nSPS) is 20.6. The fourth-order valence-electron chi connectivity index (χ4n) is 1.48. The summed E-state index contributed by atoms with van der Waals surface area (Å²) in [6.07, 6.45) is 1.57. The van der Waals surface area contributed by atoms with Crippen molar-refractivity contribution in [3.63, 3.8) is 0 Å². The predicted molar refractivity (Wildman–Crippen MR) is 63.4 cm³/mol. The van der Waals surface area contributed by atoms with Crippen LogP contribution in [0, 0.1) is 0 Å². The van der Waals surface area contributed by atoms with Gasteiger partial charge in [-0.2, -0.15) is 25.3 Å². The molecule has 1 aliphatic rings. The highest BCUT2D eigenvalue weighted by Crippen LogP contribution is 2.29. The molecule has 0 spiro atoms. The lowest BCUT2D eigenvalue weighted by atomic mass is 9.98. The highest BCUT2D eigenvalue weighted by molar-refractivity contribution is 7.85. The van der Waals surface area contributed by atoms with Crippen LogP contribution in [0.5, 0.6) is 0 Å². The van der Waals surface area contributed by atoms with Crippen LogP contribution >= 0.6 is 25.3 Å². The van der Waals surface area contributed by atoms with Gasteiger partial charge in [0.1, 0.15) is 0 Å². The van der Waals surface area contributed by atoms with Crippen LogP contribution in [0.25, 0.3) is 0 Å². The summed E-state index contributed by atoms with van der Waals surface area (Å²) in [6.45, 7) is 3.71. The Bertz CT molecular complexity index is 203. The van der Waals surface area contributed by atoms with Crippen molar-refractivity contribution >= 4 is 31.4 Å². The van der Waals surface area contributed by atoms with Gasteiger partial charge in [0.2, 0.25) is 0 Å². The smallest absolute Gasteiger partial charge is 0.409 e. The van der Waals surface area contributed by atoms with E-state index in [2.05, 4.69) is 25.3 Å². The summed E-state index contributed by atoms with van der Waals surface area (Å²) in [6, 6.07) is 0. The molecule has 0 N–H and O–H groups in total. The molecule has 0 aromatic rings. The van der Waals surface area contributed by atoms with Crippen molar-refractivity contribution < 1.29 is 9.53 Å². The maximum absolute atomic E-state index is 11.4. The van der Waals surface area contributed by atoms with Crippen LogP contribution in [0.15, 0.2) is 0 Å². The van der Waals surface area contributed by atoms with E-state index < -0.39 is 0 Å². The third-order valence-electron chi connectivity index (χ3n) is 2.51. The van der Waals surface area contributed by atoms with Crippen molar-refractivity contribution in [3.05, 3.63) is 0 Å². The van der Waals surface area contributed by atoms with Crippen LogP contribution in [-0.2, 0) is 4.74 Å². The van der Waals surface area contributed by atoms with Crippen LogP contribution in [0.2, 0.25) is 0 Å². The first kappa shape index (κ1) is 12.0. The molecule has 14 heavy (non-hydrogen) atoms. The molecule has 0 aromatic carbocycles. The molecule has 1 heterocycles. The van der Waals surface area contributed by atoms with E-state index in [0.717, 1.165) is 31.7 Å². The summed E-state index contributed by atoms with van der Waals surface area (Å²) in [5.74, 6) is 0.757. The molecule has 0 aliphatic carbocycles. The summed E-state index contributed by atoms with van der Waals surface area (Å²) < 4.78 is 4.92. The van der Waals surface area contributed by atoms with Crippen LogP contribution in [0.3, 0.4) is 0 Å². The minimum Gasteiger partial charge on any atom is -0.450 e. The number of rotatable bonds is 2. The minimum atomic E-state index is -0.206. The molecule has 82 valence electrons. The number of thiol groups is 2. The molecule has 1 aliphatic heterocycles. The number of piperidine rings is 1. The number of hydrogen-bond acceptors (Lipinski definition) is 4. The van der Waals surface area contributed by atoms with Gasteiger partial charge in [-0.15, -0.1) is 0 Å². The highest BCUT2D eigenvalue weighted by Gasteiger charge is 2.31. The molecule has 0 bridgehead atoms. The summed E-state index contributed by atoms with van der Waals surface area (Å²) in [4.78, 5) is 13.1. The first-order valence-electron chi connectivity index (χ1n) is 4.86. The standard InChI is InChI=1S/C9H17NO2S2/c1-2-12-8(11)10-5-3-9(14,7-13)4-6-10/h13-14H,2-7H2,1H3. The van der Waals surface area contributed by atoms with Gasteiger partial charge in [-0.25, -0.2) is 4.79 Å². The molecule has 0 aromatic heterocycles. The van der Waals surface area contributed by atoms with E-state index in [1.54, 1.807) is 4.90 Å². The summed E-state index contributed by atoms with van der Waals surface area (Å²) in [5, 5.41) is 0. The van der Waals surface area contributed by atoms with Gasteiger partial charge in [-0.05, 0) is 19.8 Å². The Morgan fingerprint density at radius 1 is 1.50 bits per heavy atom.